The first-order valence-electron chi connectivity index (χ1n) is 6.37. The summed E-state index contributed by atoms with van der Waals surface area (Å²) in [6.07, 6.45) is 1.68. The van der Waals surface area contributed by atoms with E-state index in [1.807, 2.05) is 6.07 Å². The molecule has 0 saturated carbocycles. The largest absolute Gasteiger partial charge is 0.480 e. The van der Waals surface area contributed by atoms with Crippen LogP contribution in [0.4, 0.5) is 0 Å². The second-order valence-electron chi connectivity index (χ2n) is 4.94. The van der Waals surface area contributed by atoms with Crippen LogP contribution in [-0.2, 0) is 4.79 Å². The summed E-state index contributed by atoms with van der Waals surface area (Å²) in [6, 6.07) is 7.84. The lowest BCUT2D eigenvalue weighted by atomic mass is 10.0. The Hall–Kier alpha value is -2.43. The van der Waals surface area contributed by atoms with Crippen LogP contribution in [0, 0.1) is 5.92 Å². The van der Waals surface area contributed by atoms with Gasteiger partial charge in [-0.25, -0.2) is 4.79 Å². The lowest BCUT2D eigenvalue weighted by Crippen LogP contribution is -2.44. The Morgan fingerprint density at radius 2 is 2.00 bits per heavy atom. The smallest absolute Gasteiger partial charge is 0.326 e. The summed E-state index contributed by atoms with van der Waals surface area (Å²) < 4.78 is 0. The van der Waals surface area contributed by atoms with Crippen LogP contribution in [0.2, 0.25) is 0 Å². The van der Waals surface area contributed by atoms with Crippen molar-refractivity contribution in [2.24, 2.45) is 5.92 Å². The highest BCUT2D eigenvalue weighted by Gasteiger charge is 2.23. The monoisotopic (exact) mass is 272 g/mol. The molecule has 0 bridgehead atoms. The minimum Gasteiger partial charge on any atom is -0.480 e. The van der Waals surface area contributed by atoms with Crippen molar-refractivity contribution >= 4 is 22.8 Å². The quantitative estimate of drug-likeness (QED) is 0.893. The van der Waals surface area contributed by atoms with Crippen molar-refractivity contribution in [2.45, 2.75) is 19.9 Å². The van der Waals surface area contributed by atoms with E-state index in [2.05, 4.69) is 10.3 Å². The van der Waals surface area contributed by atoms with Gasteiger partial charge in [0.05, 0.1) is 5.52 Å². The molecule has 2 N–H and O–H groups in total. The molecule has 1 aromatic carbocycles. The fourth-order valence-corrected chi connectivity index (χ4v) is 1.95. The Balaban J connectivity index is 2.24. The molecule has 0 spiro atoms. The van der Waals surface area contributed by atoms with E-state index in [9.17, 15) is 9.59 Å². The third kappa shape index (κ3) is 2.93. The molecule has 2 rings (SSSR count). The summed E-state index contributed by atoms with van der Waals surface area (Å²) in [5, 5.41) is 12.5. The Morgan fingerprint density at radius 3 is 2.65 bits per heavy atom. The van der Waals surface area contributed by atoms with Gasteiger partial charge in [-0.2, -0.15) is 0 Å². The fourth-order valence-electron chi connectivity index (χ4n) is 1.95. The van der Waals surface area contributed by atoms with E-state index in [1.54, 1.807) is 44.3 Å². The molecule has 1 atom stereocenters. The minimum atomic E-state index is -1.03. The van der Waals surface area contributed by atoms with E-state index in [-0.39, 0.29) is 5.92 Å². The molecule has 0 saturated heterocycles. The van der Waals surface area contributed by atoms with Gasteiger partial charge in [0.1, 0.15) is 6.04 Å². The molecule has 1 heterocycles. The third-order valence-electron chi connectivity index (χ3n) is 3.08. The molecule has 2 aromatic rings. The molecule has 1 aromatic heterocycles. The van der Waals surface area contributed by atoms with E-state index >= 15 is 0 Å². The van der Waals surface area contributed by atoms with Crippen molar-refractivity contribution in [3.05, 3.63) is 42.1 Å². The molecule has 0 aliphatic heterocycles. The van der Waals surface area contributed by atoms with Crippen LogP contribution in [0.5, 0.6) is 0 Å². The maximum atomic E-state index is 12.1. The number of rotatable bonds is 4. The van der Waals surface area contributed by atoms with Gasteiger partial charge in [0.25, 0.3) is 5.91 Å². The van der Waals surface area contributed by atoms with Gasteiger partial charge in [-0.3, -0.25) is 9.78 Å². The van der Waals surface area contributed by atoms with Crippen molar-refractivity contribution in [3.8, 4) is 0 Å². The normalized spacial score (nSPS) is 12.3. The van der Waals surface area contributed by atoms with Crippen LogP contribution in [0.3, 0.4) is 0 Å². The summed E-state index contributed by atoms with van der Waals surface area (Å²) in [7, 11) is 0. The molecule has 0 aliphatic carbocycles. The number of amides is 1. The topological polar surface area (TPSA) is 79.3 Å². The predicted molar refractivity (Wildman–Crippen MR) is 75.5 cm³/mol. The number of carbonyl (C=O) groups is 2. The average Bonchev–Trinajstić information content (AvgIpc) is 2.43. The number of aliphatic carboxylic acids is 1. The number of pyridine rings is 1. The van der Waals surface area contributed by atoms with Crippen molar-refractivity contribution in [1.29, 1.82) is 0 Å². The van der Waals surface area contributed by atoms with Crippen LogP contribution in [0.1, 0.15) is 24.2 Å². The number of aromatic nitrogens is 1. The molecule has 104 valence electrons. The van der Waals surface area contributed by atoms with E-state index in [1.165, 1.54) is 0 Å². The molecular weight excluding hydrogens is 256 g/mol. The summed E-state index contributed by atoms with van der Waals surface area (Å²) >= 11 is 0. The van der Waals surface area contributed by atoms with Crippen molar-refractivity contribution in [3.63, 3.8) is 0 Å². The predicted octanol–water partition coefficient (Wildman–Crippen LogP) is 2.07. The first-order valence-corrected chi connectivity index (χ1v) is 6.37. The van der Waals surface area contributed by atoms with Crippen molar-refractivity contribution in [2.75, 3.05) is 0 Å². The standard InChI is InChI=1S/C15H16N2O3/c1-9(2)13(15(19)20)17-14(18)11-5-6-12-10(8-11)4-3-7-16-12/h3-9,13H,1-2H3,(H,17,18)(H,19,20)/t13-/m1/s1. The van der Waals surface area contributed by atoms with Crippen LogP contribution >= 0.6 is 0 Å². The summed E-state index contributed by atoms with van der Waals surface area (Å²) in [6.45, 7) is 3.51. The maximum Gasteiger partial charge on any atom is 0.326 e. The highest BCUT2D eigenvalue weighted by molar-refractivity contribution is 5.99. The second kappa shape index (κ2) is 5.69. The lowest BCUT2D eigenvalue weighted by Gasteiger charge is -2.17. The van der Waals surface area contributed by atoms with E-state index < -0.39 is 17.9 Å². The number of nitrogens with zero attached hydrogens (tertiary/aromatic N) is 1. The molecule has 0 radical (unpaired) electrons. The van der Waals surface area contributed by atoms with Gasteiger partial charge in [0, 0.05) is 17.1 Å². The number of hydrogen-bond donors (Lipinski definition) is 2. The zero-order valence-electron chi connectivity index (χ0n) is 11.3. The molecule has 0 fully saturated rings. The van der Waals surface area contributed by atoms with Crippen LogP contribution in [0.15, 0.2) is 36.5 Å². The number of nitrogens with one attached hydrogen (secondary N) is 1. The van der Waals surface area contributed by atoms with Gasteiger partial charge in [-0.1, -0.05) is 19.9 Å². The SMILES string of the molecule is CC(C)[C@@H](NC(=O)c1ccc2ncccc2c1)C(=O)O. The highest BCUT2D eigenvalue weighted by Crippen LogP contribution is 2.14. The first kappa shape index (κ1) is 14.0. The van der Waals surface area contributed by atoms with Gasteiger partial charge in [0.2, 0.25) is 0 Å². The Labute approximate surface area is 116 Å². The summed E-state index contributed by atoms with van der Waals surface area (Å²) in [4.78, 5) is 27.4. The molecule has 0 aliphatic rings. The Kier molecular flexibility index (Phi) is 3.98. The van der Waals surface area contributed by atoms with Crippen LogP contribution in [-0.4, -0.2) is 28.0 Å². The molecule has 20 heavy (non-hydrogen) atoms. The fraction of sp³-hybridized carbons (Fsp3) is 0.267. The highest BCUT2D eigenvalue weighted by atomic mass is 16.4. The zero-order chi connectivity index (χ0) is 14.7. The van der Waals surface area contributed by atoms with Gasteiger partial charge in [0.15, 0.2) is 0 Å². The van der Waals surface area contributed by atoms with Gasteiger partial charge < -0.3 is 10.4 Å². The van der Waals surface area contributed by atoms with E-state index in [0.717, 1.165) is 10.9 Å². The Morgan fingerprint density at radius 1 is 1.25 bits per heavy atom. The van der Waals surface area contributed by atoms with Crippen LogP contribution in [0.25, 0.3) is 10.9 Å². The molecule has 5 heteroatoms. The lowest BCUT2D eigenvalue weighted by molar-refractivity contribution is -0.140. The third-order valence-corrected chi connectivity index (χ3v) is 3.08. The summed E-state index contributed by atoms with van der Waals surface area (Å²) in [5.74, 6) is -1.61. The minimum absolute atomic E-state index is 0.182. The van der Waals surface area contributed by atoms with Crippen molar-refractivity contribution in [1.82, 2.24) is 10.3 Å². The Bertz CT molecular complexity index is 652. The summed E-state index contributed by atoms with van der Waals surface area (Å²) in [5.41, 5.74) is 1.22. The van der Waals surface area contributed by atoms with E-state index in [4.69, 9.17) is 5.11 Å². The second-order valence-corrected chi connectivity index (χ2v) is 4.94. The number of fused-ring (bicyclic) bond motifs is 1. The average molecular weight is 272 g/mol. The molecule has 0 unspecified atom stereocenters. The van der Waals surface area contributed by atoms with E-state index in [0.29, 0.717) is 5.56 Å². The number of benzene rings is 1. The molecule has 1 amide bonds. The number of carboxylic acid groups (broad SMARTS) is 1. The first-order chi connectivity index (χ1) is 9.49. The molecule has 5 nitrogen and oxygen atoms in total. The number of carbonyl (C=O) groups excluding carboxylic acids is 1. The van der Waals surface area contributed by atoms with Gasteiger partial charge >= 0.3 is 5.97 Å². The van der Waals surface area contributed by atoms with Gasteiger partial charge in [-0.15, -0.1) is 0 Å². The van der Waals surface area contributed by atoms with Gasteiger partial charge in [-0.05, 0) is 30.2 Å². The van der Waals surface area contributed by atoms with Crippen LogP contribution < -0.4 is 5.32 Å². The zero-order valence-corrected chi connectivity index (χ0v) is 11.3. The van der Waals surface area contributed by atoms with Crippen molar-refractivity contribution < 1.29 is 14.7 Å². The number of hydrogen-bond acceptors (Lipinski definition) is 3. The molecular formula is C15H16N2O3. The number of carboxylic acids is 1. The maximum absolute atomic E-state index is 12.1.